The van der Waals surface area contributed by atoms with Crippen molar-refractivity contribution in [2.75, 3.05) is 5.75 Å². The molecule has 26 heavy (non-hydrogen) atoms. The molecule has 0 aliphatic heterocycles. The second kappa shape index (κ2) is 8.35. The number of fused-ring (bicyclic) bond motifs is 1. The molecule has 0 saturated carbocycles. The van der Waals surface area contributed by atoms with Crippen LogP contribution in [0.4, 0.5) is 0 Å². The van der Waals surface area contributed by atoms with Gasteiger partial charge in [0.1, 0.15) is 5.52 Å². The average Bonchev–Trinajstić information content (AvgIpc) is 3.07. The number of carbonyl (C=O) groups is 2. The van der Waals surface area contributed by atoms with Crippen molar-refractivity contribution in [2.24, 2.45) is 0 Å². The van der Waals surface area contributed by atoms with Crippen LogP contribution in [0.3, 0.4) is 0 Å². The second-order valence-corrected chi connectivity index (χ2v) is 6.39. The van der Waals surface area contributed by atoms with Gasteiger partial charge >= 0.3 is 0 Å². The number of nitrogens with one attached hydrogen (secondary N) is 2. The summed E-state index contributed by atoms with van der Waals surface area (Å²) in [5, 5.41) is 0.409. The third kappa shape index (κ3) is 4.73. The molecule has 0 atom stereocenters. The number of nitrogens with zero attached hydrogens (tertiary/aromatic N) is 1. The molecule has 2 amide bonds. The average molecular weight is 367 g/mol. The number of thioether (sulfide) groups is 1. The Labute approximate surface area is 154 Å². The number of hydrogen-bond acceptors (Lipinski definition) is 5. The van der Waals surface area contributed by atoms with Crippen LogP contribution in [0, 0.1) is 6.92 Å². The molecule has 3 rings (SSSR count). The van der Waals surface area contributed by atoms with Gasteiger partial charge in [-0.05, 0) is 36.3 Å². The topological polar surface area (TPSA) is 84.2 Å². The van der Waals surface area contributed by atoms with Crippen molar-refractivity contribution in [3.05, 3.63) is 65.7 Å². The van der Waals surface area contributed by atoms with Crippen molar-refractivity contribution in [3.63, 3.8) is 0 Å². The molecular weight excluding hydrogens is 350 g/mol. The first kappa shape index (κ1) is 17.8. The van der Waals surface area contributed by atoms with Gasteiger partial charge in [-0.3, -0.25) is 20.4 Å². The number of hydrogen-bond donors (Lipinski definition) is 2. The molecule has 0 fully saturated rings. The number of aromatic nitrogens is 1. The number of amides is 2. The number of carbonyl (C=O) groups excluding carboxylic acids is 2. The molecule has 1 heterocycles. The molecule has 2 N–H and O–H groups in total. The zero-order chi connectivity index (χ0) is 18.4. The SMILES string of the molecule is Cc1ccccc1/C=C/C(=O)NNC(=O)CSc1nc2ccccc2o1. The smallest absolute Gasteiger partial charge is 0.262 e. The lowest BCUT2D eigenvalue weighted by atomic mass is 10.1. The molecular formula is C19H17N3O3S. The van der Waals surface area contributed by atoms with Gasteiger partial charge in [0.15, 0.2) is 5.58 Å². The van der Waals surface area contributed by atoms with Crippen LogP contribution in [-0.2, 0) is 9.59 Å². The Hall–Kier alpha value is -3.06. The number of hydrazine groups is 1. The maximum atomic E-state index is 11.8. The number of benzene rings is 2. The Morgan fingerprint density at radius 2 is 1.88 bits per heavy atom. The van der Waals surface area contributed by atoms with Crippen molar-refractivity contribution in [2.45, 2.75) is 12.1 Å². The van der Waals surface area contributed by atoms with Crippen LogP contribution in [0.1, 0.15) is 11.1 Å². The van der Waals surface area contributed by atoms with Gasteiger partial charge in [-0.1, -0.05) is 48.2 Å². The minimum atomic E-state index is -0.409. The van der Waals surface area contributed by atoms with Crippen molar-refractivity contribution < 1.29 is 14.0 Å². The molecule has 0 spiro atoms. The fourth-order valence-corrected chi connectivity index (χ4v) is 2.83. The molecule has 2 aromatic carbocycles. The molecule has 0 aliphatic carbocycles. The Morgan fingerprint density at radius 3 is 2.69 bits per heavy atom. The van der Waals surface area contributed by atoms with E-state index in [0.29, 0.717) is 10.8 Å². The first-order valence-corrected chi connectivity index (χ1v) is 8.91. The highest BCUT2D eigenvalue weighted by atomic mass is 32.2. The number of oxazole rings is 1. The maximum Gasteiger partial charge on any atom is 0.262 e. The van der Waals surface area contributed by atoms with Gasteiger partial charge in [0.25, 0.3) is 11.1 Å². The largest absolute Gasteiger partial charge is 0.431 e. The monoisotopic (exact) mass is 367 g/mol. The molecule has 0 bridgehead atoms. The Kier molecular flexibility index (Phi) is 5.70. The van der Waals surface area contributed by atoms with Crippen molar-refractivity contribution in [1.82, 2.24) is 15.8 Å². The normalized spacial score (nSPS) is 11.0. The zero-order valence-corrected chi connectivity index (χ0v) is 14.9. The summed E-state index contributed by atoms with van der Waals surface area (Å²) >= 11 is 1.16. The minimum absolute atomic E-state index is 0.0780. The molecule has 0 saturated heterocycles. The fourth-order valence-electron chi connectivity index (χ4n) is 2.19. The summed E-state index contributed by atoms with van der Waals surface area (Å²) in [7, 11) is 0. The Balaban J connectivity index is 1.45. The van der Waals surface area contributed by atoms with Crippen molar-refractivity contribution in [3.8, 4) is 0 Å². The van der Waals surface area contributed by atoms with E-state index in [2.05, 4.69) is 15.8 Å². The molecule has 132 valence electrons. The van der Waals surface area contributed by atoms with E-state index in [4.69, 9.17) is 4.42 Å². The van der Waals surface area contributed by atoms with Gasteiger partial charge in [-0.2, -0.15) is 0 Å². The van der Waals surface area contributed by atoms with E-state index in [1.807, 2.05) is 55.5 Å². The predicted molar refractivity (Wildman–Crippen MR) is 101 cm³/mol. The first-order chi connectivity index (χ1) is 12.6. The molecule has 0 unspecified atom stereocenters. The van der Waals surface area contributed by atoms with E-state index in [-0.39, 0.29) is 11.7 Å². The van der Waals surface area contributed by atoms with Crippen molar-refractivity contribution >= 4 is 40.8 Å². The summed E-state index contributed by atoms with van der Waals surface area (Å²) in [6.45, 7) is 1.96. The third-order valence-electron chi connectivity index (χ3n) is 3.53. The zero-order valence-electron chi connectivity index (χ0n) is 14.1. The molecule has 7 heteroatoms. The number of para-hydroxylation sites is 2. The summed E-state index contributed by atoms with van der Waals surface area (Å²) in [6.07, 6.45) is 3.07. The lowest BCUT2D eigenvalue weighted by molar-refractivity contribution is -0.125. The highest BCUT2D eigenvalue weighted by molar-refractivity contribution is 7.99. The van der Waals surface area contributed by atoms with Gasteiger partial charge in [-0.15, -0.1) is 0 Å². The van der Waals surface area contributed by atoms with Crippen LogP contribution < -0.4 is 10.9 Å². The molecule has 1 aromatic heterocycles. The molecule has 0 aliphatic rings. The summed E-state index contributed by atoms with van der Waals surface area (Å²) in [6, 6.07) is 15.1. The molecule has 6 nitrogen and oxygen atoms in total. The van der Waals surface area contributed by atoms with E-state index in [1.165, 1.54) is 6.08 Å². The summed E-state index contributed by atoms with van der Waals surface area (Å²) < 4.78 is 5.52. The Morgan fingerprint density at radius 1 is 1.12 bits per heavy atom. The molecule has 0 radical (unpaired) electrons. The highest BCUT2D eigenvalue weighted by Gasteiger charge is 2.09. The third-order valence-corrected chi connectivity index (χ3v) is 4.36. The van der Waals surface area contributed by atoms with E-state index in [1.54, 1.807) is 6.08 Å². The summed E-state index contributed by atoms with van der Waals surface area (Å²) in [5.74, 6) is -0.683. The van der Waals surface area contributed by atoms with E-state index in [9.17, 15) is 9.59 Å². The standard InChI is InChI=1S/C19H17N3O3S/c1-13-6-2-3-7-14(13)10-11-17(23)21-22-18(24)12-26-19-20-15-8-4-5-9-16(15)25-19/h2-11H,12H2,1H3,(H,21,23)(H,22,24)/b11-10+. The highest BCUT2D eigenvalue weighted by Crippen LogP contribution is 2.22. The summed E-state index contributed by atoms with van der Waals surface area (Å²) in [5.41, 5.74) is 8.12. The van der Waals surface area contributed by atoms with Crippen LogP contribution >= 0.6 is 11.8 Å². The minimum Gasteiger partial charge on any atom is -0.431 e. The quantitative estimate of drug-likeness (QED) is 0.411. The lowest BCUT2D eigenvalue weighted by Crippen LogP contribution is -2.41. The van der Waals surface area contributed by atoms with Crippen LogP contribution in [0.5, 0.6) is 0 Å². The van der Waals surface area contributed by atoms with Gasteiger partial charge in [-0.25, -0.2) is 4.98 Å². The van der Waals surface area contributed by atoms with Crippen LogP contribution in [0.25, 0.3) is 17.2 Å². The predicted octanol–water partition coefficient (Wildman–Crippen LogP) is 3.09. The molecule has 3 aromatic rings. The van der Waals surface area contributed by atoms with Crippen molar-refractivity contribution in [1.29, 1.82) is 0 Å². The van der Waals surface area contributed by atoms with Crippen LogP contribution in [-0.4, -0.2) is 22.6 Å². The Bertz CT molecular complexity index is 932. The van der Waals surface area contributed by atoms with E-state index >= 15 is 0 Å². The maximum absolute atomic E-state index is 11.8. The van der Waals surface area contributed by atoms with E-state index < -0.39 is 5.91 Å². The number of rotatable bonds is 5. The number of aryl methyl sites for hydroxylation is 1. The van der Waals surface area contributed by atoms with E-state index in [0.717, 1.165) is 28.4 Å². The van der Waals surface area contributed by atoms with Gasteiger partial charge in [0, 0.05) is 6.08 Å². The second-order valence-electron chi connectivity index (χ2n) is 5.46. The van der Waals surface area contributed by atoms with Gasteiger partial charge in [0.05, 0.1) is 5.75 Å². The van der Waals surface area contributed by atoms with Gasteiger partial charge in [0.2, 0.25) is 5.91 Å². The fraction of sp³-hybridized carbons (Fsp3) is 0.105. The lowest BCUT2D eigenvalue weighted by Gasteiger charge is -2.04. The summed E-state index contributed by atoms with van der Waals surface area (Å²) in [4.78, 5) is 27.9. The van der Waals surface area contributed by atoms with Crippen LogP contribution in [0.15, 0.2) is 64.2 Å². The first-order valence-electron chi connectivity index (χ1n) is 7.93. The van der Waals surface area contributed by atoms with Crippen LogP contribution in [0.2, 0.25) is 0 Å². The van der Waals surface area contributed by atoms with Gasteiger partial charge < -0.3 is 4.42 Å².